The van der Waals surface area contributed by atoms with Crippen LogP contribution in [0.2, 0.25) is 0 Å². The Kier molecular flexibility index (Phi) is 6.94. The Morgan fingerprint density at radius 1 is 1.21 bits per heavy atom. The molecule has 0 radical (unpaired) electrons. The number of nitrogens with one attached hydrogen (secondary N) is 1. The molecule has 1 amide bonds. The van der Waals surface area contributed by atoms with Crippen LogP contribution in [0.1, 0.15) is 12.8 Å². The molecule has 0 aliphatic heterocycles. The second kappa shape index (κ2) is 9.18. The van der Waals surface area contributed by atoms with E-state index in [-0.39, 0.29) is 31.0 Å². The third kappa shape index (κ3) is 5.95. The molecule has 0 spiro atoms. The van der Waals surface area contributed by atoms with E-state index in [1.165, 1.54) is 29.6 Å². The van der Waals surface area contributed by atoms with Gasteiger partial charge in [-0.05, 0) is 24.6 Å². The zero-order valence-electron chi connectivity index (χ0n) is 15.5. The molecule has 2 aromatic rings. The fourth-order valence-corrected chi connectivity index (χ4v) is 3.51. The number of sulfonamides is 1. The highest BCUT2D eigenvalue weighted by molar-refractivity contribution is 7.92. The van der Waals surface area contributed by atoms with Gasteiger partial charge in [0.05, 0.1) is 24.0 Å². The molecular weight excluding hydrogens is 386 g/mol. The van der Waals surface area contributed by atoms with Crippen LogP contribution in [0, 0.1) is 10.1 Å². The molecule has 0 aromatic heterocycles. The number of anilines is 2. The number of carbonyl (C=O) groups excluding carboxylic acids is 1. The number of amides is 1. The summed E-state index contributed by atoms with van der Waals surface area (Å²) in [5, 5.41) is 13.4. The molecule has 0 atom stereocenters. The van der Waals surface area contributed by atoms with Crippen LogP contribution in [0.25, 0.3) is 0 Å². The van der Waals surface area contributed by atoms with E-state index in [0.29, 0.717) is 17.1 Å². The number of nitro benzene ring substituents is 1. The maximum absolute atomic E-state index is 12.1. The summed E-state index contributed by atoms with van der Waals surface area (Å²) in [6.07, 6.45) is 1.42. The van der Waals surface area contributed by atoms with Crippen molar-refractivity contribution in [2.45, 2.75) is 12.8 Å². The number of non-ortho nitro benzene ring substituents is 1. The van der Waals surface area contributed by atoms with Gasteiger partial charge in [-0.1, -0.05) is 12.1 Å². The van der Waals surface area contributed by atoms with Crippen LogP contribution in [0.5, 0.6) is 5.75 Å². The van der Waals surface area contributed by atoms with E-state index in [9.17, 15) is 23.3 Å². The minimum atomic E-state index is -3.54. The van der Waals surface area contributed by atoms with Gasteiger partial charge in [-0.15, -0.1) is 0 Å². The number of nitrogens with zero attached hydrogens (tertiary/aromatic N) is 2. The summed E-state index contributed by atoms with van der Waals surface area (Å²) in [7, 11) is -2.06. The standard InChI is InChI=1S/C18H21N3O6S/c1-27-17-9-4-7-15(13-17)20(28(2,25)26)11-5-10-18(22)19-14-6-3-8-16(12-14)21(23)24/h3-4,6-9,12-13H,5,10-11H2,1-2H3,(H,19,22). The van der Waals surface area contributed by atoms with Crippen molar-refractivity contribution in [2.24, 2.45) is 0 Å². The largest absolute Gasteiger partial charge is 0.497 e. The van der Waals surface area contributed by atoms with Crippen LogP contribution in [-0.2, 0) is 14.8 Å². The predicted octanol–water partition coefficient (Wildman–Crippen LogP) is 2.79. The Hall–Kier alpha value is -3.14. The molecule has 150 valence electrons. The SMILES string of the molecule is COc1cccc(N(CCCC(=O)Nc2cccc([N+](=O)[O-])c2)S(C)(=O)=O)c1. The topological polar surface area (TPSA) is 119 Å². The van der Waals surface area contributed by atoms with Gasteiger partial charge in [-0.25, -0.2) is 8.42 Å². The first-order valence-electron chi connectivity index (χ1n) is 8.37. The summed E-state index contributed by atoms with van der Waals surface area (Å²) in [6.45, 7) is 0.106. The van der Waals surface area contributed by atoms with Gasteiger partial charge in [0.1, 0.15) is 5.75 Å². The lowest BCUT2D eigenvalue weighted by Gasteiger charge is -2.22. The van der Waals surface area contributed by atoms with Gasteiger partial charge in [0.2, 0.25) is 15.9 Å². The summed E-state index contributed by atoms with van der Waals surface area (Å²) in [4.78, 5) is 22.3. The van der Waals surface area contributed by atoms with Crippen LogP contribution in [0.3, 0.4) is 0 Å². The van der Waals surface area contributed by atoms with Crippen molar-refractivity contribution in [1.82, 2.24) is 0 Å². The van der Waals surface area contributed by atoms with E-state index in [4.69, 9.17) is 4.74 Å². The molecule has 1 N–H and O–H groups in total. The molecular formula is C18H21N3O6S. The monoisotopic (exact) mass is 407 g/mol. The van der Waals surface area contributed by atoms with Gasteiger partial charge in [-0.3, -0.25) is 19.2 Å². The molecule has 0 saturated heterocycles. The minimum absolute atomic E-state index is 0.0542. The van der Waals surface area contributed by atoms with E-state index in [1.807, 2.05) is 0 Å². The highest BCUT2D eigenvalue weighted by atomic mass is 32.2. The Morgan fingerprint density at radius 2 is 1.93 bits per heavy atom. The Labute approximate surface area is 163 Å². The summed E-state index contributed by atoms with van der Waals surface area (Å²) in [5.74, 6) is 0.161. The lowest BCUT2D eigenvalue weighted by atomic mass is 10.2. The highest BCUT2D eigenvalue weighted by Gasteiger charge is 2.18. The van der Waals surface area contributed by atoms with Gasteiger partial charge in [0.25, 0.3) is 5.69 Å². The van der Waals surface area contributed by atoms with E-state index in [2.05, 4.69) is 5.32 Å². The molecule has 0 saturated carbocycles. The van der Waals surface area contributed by atoms with Crippen LogP contribution < -0.4 is 14.4 Å². The first kappa shape index (κ1) is 21.2. The summed E-state index contributed by atoms with van der Waals surface area (Å²) in [6, 6.07) is 12.2. The van der Waals surface area contributed by atoms with E-state index in [1.54, 1.807) is 30.3 Å². The molecule has 9 nitrogen and oxygen atoms in total. The number of methoxy groups -OCH3 is 1. The van der Waals surface area contributed by atoms with Crippen molar-refractivity contribution in [1.29, 1.82) is 0 Å². The van der Waals surface area contributed by atoms with E-state index in [0.717, 1.165) is 6.26 Å². The summed E-state index contributed by atoms with van der Waals surface area (Å²) in [5.41, 5.74) is 0.631. The summed E-state index contributed by atoms with van der Waals surface area (Å²) < 4.78 is 30.6. The van der Waals surface area contributed by atoms with Crippen molar-refractivity contribution >= 4 is 33.0 Å². The maximum Gasteiger partial charge on any atom is 0.271 e. The van der Waals surface area contributed by atoms with E-state index >= 15 is 0 Å². The zero-order valence-corrected chi connectivity index (χ0v) is 16.3. The Balaban J connectivity index is 1.99. The molecule has 0 unspecified atom stereocenters. The van der Waals surface area contributed by atoms with Crippen molar-refractivity contribution in [3.63, 3.8) is 0 Å². The molecule has 2 rings (SSSR count). The fourth-order valence-electron chi connectivity index (χ4n) is 2.56. The smallest absolute Gasteiger partial charge is 0.271 e. The van der Waals surface area contributed by atoms with Crippen molar-refractivity contribution in [3.05, 3.63) is 58.6 Å². The van der Waals surface area contributed by atoms with Gasteiger partial charge < -0.3 is 10.1 Å². The van der Waals surface area contributed by atoms with Crippen LogP contribution in [-0.4, -0.2) is 39.2 Å². The second-order valence-corrected chi connectivity index (χ2v) is 7.90. The molecule has 0 aliphatic carbocycles. The number of nitro groups is 1. The molecule has 0 aliphatic rings. The van der Waals surface area contributed by atoms with Gasteiger partial charge in [-0.2, -0.15) is 0 Å². The minimum Gasteiger partial charge on any atom is -0.497 e. The van der Waals surface area contributed by atoms with Crippen molar-refractivity contribution < 1.29 is 22.9 Å². The number of carbonyl (C=O) groups is 1. The molecule has 2 aromatic carbocycles. The quantitative estimate of drug-likeness (QED) is 0.504. The number of rotatable bonds is 9. The van der Waals surface area contributed by atoms with Gasteiger partial charge >= 0.3 is 0 Å². The average Bonchev–Trinajstić information content (AvgIpc) is 2.64. The average molecular weight is 407 g/mol. The van der Waals surface area contributed by atoms with Crippen LogP contribution >= 0.6 is 0 Å². The normalized spacial score (nSPS) is 10.9. The Morgan fingerprint density at radius 3 is 2.57 bits per heavy atom. The lowest BCUT2D eigenvalue weighted by molar-refractivity contribution is -0.384. The second-order valence-electron chi connectivity index (χ2n) is 6.00. The molecule has 0 fully saturated rings. The van der Waals surface area contributed by atoms with Crippen molar-refractivity contribution in [2.75, 3.05) is 29.5 Å². The maximum atomic E-state index is 12.1. The number of benzene rings is 2. The third-order valence-electron chi connectivity index (χ3n) is 3.85. The van der Waals surface area contributed by atoms with E-state index < -0.39 is 14.9 Å². The lowest BCUT2D eigenvalue weighted by Crippen LogP contribution is -2.31. The summed E-state index contributed by atoms with van der Waals surface area (Å²) >= 11 is 0. The van der Waals surface area contributed by atoms with Gasteiger partial charge in [0.15, 0.2) is 0 Å². The number of ether oxygens (including phenoxy) is 1. The van der Waals surface area contributed by atoms with Crippen molar-refractivity contribution in [3.8, 4) is 5.75 Å². The van der Waals surface area contributed by atoms with Crippen LogP contribution in [0.4, 0.5) is 17.1 Å². The number of hydrogen-bond acceptors (Lipinski definition) is 6. The first-order valence-corrected chi connectivity index (χ1v) is 10.2. The highest BCUT2D eigenvalue weighted by Crippen LogP contribution is 2.23. The molecule has 10 heteroatoms. The van der Waals surface area contributed by atoms with Gasteiger partial charge in [0, 0.05) is 36.9 Å². The fraction of sp³-hybridized carbons (Fsp3) is 0.278. The molecule has 0 bridgehead atoms. The third-order valence-corrected chi connectivity index (χ3v) is 5.04. The number of hydrogen-bond donors (Lipinski definition) is 1. The Bertz CT molecular complexity index is 961. The predicted molar refractivity (Wildman–Crippen MR) is 106 cm³/mol. The molecule has 0 heterocycles. The van der Waals surface area contributed by atoms with Crippen LogP contribution in [0.15, 0.2) is 48.5 Å². The first-order chi connectivity index (χ1) is 13.2. The zero-order chi connectivity index (χ0) is 20.7. The molecule has 28 heavy (non-hydrogen) atoms.